The number of phenolic OH excluding ortho intramolecular Hbond substituents is 1. The largest absolute Gasteiger partial charge is 0.508 e. The minimum absolute atomic E-state index is 0.0690. The van der Waals surface area contributed by atoms with E-state index in [1.165, 1.54) is 18.6 Å². The van der Waals surface area contributed by atoms with Crippen molar-refractivity contribution in [3.63, 3.8) is 0 Å². The zero-order chi connectivity index (χ0) is 19.1. The number of aryl methyl sites for hydroxylation is 1. The smallest absolute Gasteiger partial charge is 0.343 e. The molecule has 0 aliphatic rings. The van der Waals surface area contributed by atoms with Crippen molar-refractivity contribution in [3.05, 3.63) is 59.7 Å². The van der Waals surface area contributed by atoms with E-state index in [4.69, 9.17) is 4.74 Å². The van der Waals surface area contributed by atoms with Gasteiger partial charge >= 0.3 is 5.97 Å². The maximum absolute atomic E-state index is 11.8. The third-order valence-corrected chi connectivity index (χ3v) is 2.64. The van der Waals surface area contributed by atoms with Crippen LogP contribution in [0.25, 0.3) is 0 Å². The number of ether oxygens (including phenoxy) is 1. The predicted octanol–water partition coefficient (Wildman–Crippen LogP) is 5.76. The van der Waals surface area contributed by atoms with Gasteiger partial charge in [-0.1, -0.05) is 51.0 Å². The quantitative estimate of drug-likeness (QED) is 0.430. The molecule has 0 fully saturated rings. The van der Waals surface area contributed by atoms with Crippen molar-refractivity contribution in [2.75, 3.05) is 0 Å². The first kappa shape index (κ1) is 22.3. The van der Waals surface area contributed by atoms with Crippen molar-refractivity contribution >= 4 is 5.97 Å². The van der Waals surface area contributed by atoms with Crippen LogP contribution in [0.1, 0.15) is 56.5 Å². The fourth-order valence-electron chi connectivity index (χ4n) is 1.66. The highest BCUT2D eigenvalue weighted by Gasteiger charge is 2.08. The zero-order valence-electron chi connectivity index (χ0n) is 15.8. The number of benzene rings is 2. The van der Waals surface area contributed by atoms with E-state index in [0.717, 1.165) is 12.0 Å². The number of rotatable bonds is 2. The third-order valence-electron chi connectivity index (χ3n) is 2.64. The molecule has 134 valence electrons. The molecule has 2 aromatic rings. The molecular formula is C22H28O3. The van der Waals surface area contributed by atoms with Crippen LogP contribution in [0.4, 0.5) is 0 Å². The molecule has 0 saturated heterocycles. The molecule has 2 aromatic carbocycles. The SMILES string of the molecule is CC#CCC.CCC.Cc1cccc(C(=O)Oc2cccc(O)c2)c1. The van der Waals surface area contributed by atoms with Crippen LogP contribution >= 0.6 is 0 Å². The summed E-state index contributed by atoms with van der Waals surface area (Å²) in [6.07, 6.45) is 2.23. The Morgan fingerprint density at radius 2 is 1.72 bits per heavy atom. The topological polar surface area (TPSA) is 46.5 Å². The maximum atomic E-state index is 11.8. The van der Waals surface area contributed by atoms with Gasteiger partial charge in [-0.25, -0.2) is 4.79 Å². The molecule has 0 aliphatic carbocycles. The maximum Gasteiger partial charge on any atom is 0.343 e. The van der Waals surface area contributed by atoms with Gasteiger partial charge in [0.05, 0.1) is 5.56 Å². The van der Waals surface area contributed by atoms with E-state index in [1.54, 1.807) is 30.3 Å². The van der Waals surface area contributed by atoms with Gasteiger partial charge < -0.3 is 9.84 Å². The van der Waals surface area contributed by atoms with Crippen LogP contribution in [0.3, 0.4) is 0 Å². The zero-order valence-corrected chi connectivity index (χ0v) is 15.8. The Morgan fingerprint density at radius 1 is 1.08 bits per heavy atom. The molecule has 0 spiro atoms. The molecule has 1 N–H and O–H groups in total. The monoisotopic (exact) mass is 340 g/mol. The minimum atomic E-state index is -0.431. The number of hydrogen-bond acceptors (Lipinski definition) is 3. The van der Waals surface area contributed by atoms with Crippen LogP contribution < -0.4 is 4.74 Å². The molecule has 3 heteroatoms. The Labute approximate surface area is 151 Å². The molecule has 0 amide bonds. The van der Waals surface area contributed by atoms with E-state index in [2.05, 4.69) is 25.7 Å². The van der Waals surface area contributed by atoms with Gasteiger partial charge in [-0.15, -0.1) is 11.8 Å². The number of carbonyl (C=O) groups is 1. The molecule has 0 saturated carbocycles. The highest BCUT2D eigenvalue weighted by atomic mass is 16.5. The average Bonchev–Trinajstić information content (AvgIpc) is 2.57. The second-order valence-corrected chi connectivity index (χ2v) is 5.24. The summed E-state index contributed by atoms with van der Waals surface area (Å²) in [6.45, 7) is 10.0. The fraction of sp³-hybridized carbons (Fsp3) is 0.318. The van der Waals surface area contributed by atoms with E-state index in [-0.39, 0.29) is 5.75 Å². The summed E-state index contributed by atoms with van der Waals surface area (Å²) in [4.78, 5) is 11.8. The van der Waals surface area contributed by atoms with Gasteiger partial charge in [-0.2, -0.15) is 0 Å². The van der Waals surface area contributed by atoms with Gasteiger partial charge in [-0.05, 0) is 38.1 Å². The van der Waals surface area contributed by atoms with Gasteiger partial charge in [0.1, 0.15) is 11.5 Å². The van der Waals surface area contributed by atoms with Gasteiger partial charge in [0.25, 0.3) is 0 Å². The first-order valence-corrected chi connectivity index (χ1v) is 8.45. The van der Waals surface area contributed by atoms with Crippen LogP contribution in [0.15, 0.2) is 48.5 Å². The fourth-order valence-corrected chi connectivity index (χ4v) is 1.66. The van der Waals surface area contributed by atoms with E-state index in [1.807, 2.05) is 26.8 Å². The predicted molar refractivity (Wildman–Crippen MR) is 104 cm³/mol. The summed E-state index contributed by atoms with van der Waals surface area (Å²) in [6, 6.07) is 13.3. The summed E-state index contributed by atoms with van der Waals surface area (Å²) in [5.74, 6) is 5.60. The lowest BCUT2D eigenvalue weighted by molar-refractivity contribution is 0.0734. The second-order valence-electron chi connectivity index (χ2n) is 5.24. The number of aromatic hydroxyl groups is 1. The minimum Gasteiger partial charge on any atom is -0.508 e. The third kappa shape index (κ3) is 10.6. The lowest BCUT2D eigenvalue weighted by atomic mass is 10.1. The van der Waals surface area contributed by atoms with Crippen LogP contribution in [-0.2, 0) is 0 Å². The molecular weight excluding hydrogens is 312 g/mol. The molecule has 0 radical (unpaired) electrons. The molecule has 0 aliphatic heterocycles. The summed E-state index contributed by atoms with van der Waals surface area (Å²) >= 11 is 0. The highest BCUT2D eigenvalue weighted by Crippen LogP contribution is 2.19. The highest BCUT2D eigenvalue weighted by molar-refractivity contribution is 5.91. The van der Waals surface area contributed by atoms with Gasteiger partial charge in [0.15, 0.2) is 0 Å². The average molecular weight is 340 g/mol. The normalized spacial score (nSPS) is 8.52. The van der Waals surface area contributed by atoms with Gasteiger partial charge in [0.2, 0.25) is 0 Å². The summed E-state index contributed by atoms with van der Waals surface area (Å²) in [5, 5.41) is 9.25. The van der Waals surface area contributed by atoms with Crippen LogP contribution in [-0.4, -0.2) is 11.1 Å². The van der Waals surface area contributed by atoms with Gasteiger partial charge in [0, 0.05) is 12.5 Å². The Hall–Kier alpha value is -2.73. The van der Waals surface area contributed by atoms with Crippen LogP contribution in [0, 0.1) is 18.8 Å². The number of carbonyl (C=O) groups excluding carboxylic acids is 1. The van der Waals surface area contributed by atoms with Crippen LogP contribution in [0.2, 0.25) is 0 Å². The van der Waals surface area contributed by atoms with Crippen molar-refractivity contribution in [1.29, 1.82) is 0 Å². The van der Waals surface area contributed by atoms with Crippen molar-refractivity contribution in [3.8, 4) is 23.3 Å². The number of hydrogen-bond donors (Lipinski definition) is 1. The van der Waals surface area contributed by atoms with Crippen LogP contribution in [0.5, 0.6) is 11.5 Å². The first-order chi connectivity index (χ1) is 12.0. The molecule has 0 aromatic heterocycles. The van der Waals surface area contributed by atoms with Crippen molar-refractivity contribution in [2.45, 2.75) is 47.5 Å². The molecule has 2 rings (SSSR count). The van der Waals surface area contributed by atoms with Crippen molar-refractivity contribution < 1.29 is 14.6 Å². The van der Waals surface area contributed by atoms with E-state index < -0.39 is 5.97 Å². The standard InChI is InChI=1S/C14H12O3.C5H8.C3H8/c1-10-4-2-5-11(8-10)14(16)17-13-7-3-6-12(15)9-13;1-3-5-4-2;1-3-2/h2-9,15H,1H3;3H2,1-2H3;3H2,1-2H3. The van der Waals surface area contributed by atoms with E-state index >= 15 is 0 Å². The van der Waals surface area contributed by atoms with Gasteiger partial charge in [-0.3, -0.25) is 0 Å². The molecule has 0 heterocycles. The Kier molecular flexibility index (Phi) is 12.2. The molecule has 0 bridgehead atoms. The Balaban J connectivity index is 0.000000610. The molecule has 0 atom stereocenters. The lowest BCUT2D eigenvalue weighted by Crippen LogP contribution is -2.08. The second kappa shape index (κ2) is 13.7. The summed E-state index contributed by atoms with van der Waals surface area (Å²) in [7, 11) is 0. The molecule has 25 heavy (non-hydrogen) atoms. The van der Waals surface area contributed by atoms with Crippen molar-refractivity contribution in [1.82, 2.24) is 0 Å². The number of phenols is 1. The van der Waals surface area contributed by atoms with Crippen molar-refractivity contribution in [2.24, 2.45) is 0 Å². The molecule has 3 nitrogen and oxygen atoms in total. The number of esters is 1. The first-order valence-electron chi connectivity index (χ1n) is 8.45. The molecule has 0 unspecified atom stereocenters. The summed E-state index contributed by atoms with van der Waals surface area (Å²) < 4.78 is 5.14. The van der Waals surface area contributed by atoms with E-state index in [0.29, 0.717) is 11.3 Å². The Bertz CT molecular complexity index is 694. The van der Waals surface area contributed by atoms with E-state index in [9.17, 15) is 9.90 Å². The lowest BCUT2D eigenvalue weighted by Gasteiger charge is -2.05. The summed E-state index contributed by atoms with van der Waals surface area (Å²) in [5.41, 5.74) is 1.49. The Morgan fingerprint density at radius 3 is 2.20 bits per heavy atom.